The molecule has 0 fully saturated rings. The molecule has 1 aliphatic heterocycles. The summed E-state index contributed by atoms with van der Waals surface area (Å²) in [6.45, 7) is 4.00. The Morgan fingerprint density at radius 3 is 2.32 bits per heavy atom. The standard InChI is InChI=1S/C21H21N3O3S/c1-15-20(16(2)24(22-15)21(25)18-9-4-3-5-10-18)28(26,27)23-13-12-17-8-6-7-11-19(17)14-23/h3-11H,12-14H2,1-2H3. The number of aryl methyl sites for hydroxylation is 1. The molecule has 1 aliphatic rings. The summed E-state index contributed by atoms with van der Waals surface area (Å²) in [7, 11) is -3.76. The lowest BCUT2D eigenvalue weighted by atomic mass is 10.0. The van der Waals surface area contributed by atoms with Gasteiger partial charge in [-0.25, -0.2) is 8.42 Å². The molecule has 144 valence electrons. The average molecular weight is 395 g/mol. The fourth-order valence-electron chi connectivity index (χ4n) is 3.71. The van der Waals surface area contributed by atoms with Gasteiger partial charge in [0.1, 0.15) is 4.90 Å². The summed E-state index contributed by atoms with van der Waals surface area (Å²) in [5, 5.41) is 4.25. The van der Waals surface area contributed by atoms with Gasteiger partial charge in [-0.3, -0.25) is 4.79 Å². The number of carbonyl (C=O) groups is 1. The van der Waals surface area contributed by atoms with Crippen LogP contribution in [0, 0.1) is 13.8 Å². The van der Waals surface area contributed by atoms with Crippen LogP contribution in [0.15, 0.2) is 59.5 Å². The molecule has 1 aromatic heterocycles. The fraction of sp³-hybridized carbons (Fsp3) is 0.238. The molecule has 0 aliphatic carbocycles. The van der Waals surface area contributed by atoms with Crippen molar-refractivity contribution in [3.63, 3.8) is 0 Å². The third kappa shape index (κ3) is 3.06. The first kappa shape index (κ1) is 18.6. The van der Waals surface area contributed by atoms with Crippen molar-refractivity contribution in [1.29, 1.82) is 0 Å². The minimum atomic E-state index is -3.76. The number of benzene rings is 2. The van der Waals surface area contributed by atoms with Crippen LogP contribution in [0.2, 0.25) is 0 Å². The van der Waals surface area contributed by atoms with E-state index in [2.05, 4.69) is 5.10 Å². The highest BCUT2D eigenvalue weighted by Gasteiger charge is 2.34. The molecule has 3 aromatic rings. The summed E-state index contributed by atoms with van der Waals surface area (Å²) < 4.78 is 29.4. The second-order valence-electron chi connectivity index (χ2n) is 6.94. The molecule has 0 unspecified atom stereocenters. The van der Waals surface area contributed by atoms with Crippen molar-refractivity contribution in [2.45, 2.75) is 31.7 Å². The molecule has 0 saturated carbocycles. The van der Waals surface area contributed by atoms with Crippen LogP contribution in [0.1, 0.15) is 32.9 Å². The van der Waals surface area contributed by atoms with Crippen LogP contribution in [-0.2, 0) is 23.0 Å². The van der Waals surface area contributed by atoms with Gasteiger partial charge in [0.05, 0.1) is 11.4 Å². The molecule has 0 atom stereocenters. The lowest BCUT2D eigenvalue weighted by Crippen LogP contribution is -2.36. The molecule has 0 saturated heterocycles. The van der Waals surface area contributed by atoms with Crippen LogP contribution >= 0.6 is 0 Å². The van der Waals surface area contributed by atoms with E-state index in [1.165, 1.54) is 14.6 Å². The number of hydrogen-bond donors (Lipinski definition) is 0. The van der Waals surface area contributed by atoms with Crippen LogP contribution in [0.5, 0.6) is 0 Å². The van der Waals surface area contributed by atoms with Crippen molar-refractivity contribution in [2.24, 2.45) is 0 Å². The molecule has 0 spiro atoms. The van der Waals surface area contributed by atoms with Gasteiger partial charge in [-0.2, -0.15) is 14.1 Å². The van der Waals surface area contributed by atoms with E-state index in [0.29, 0.717) is 36.5 Å². The van der Waals surface area contributed by atoms with Crippen LogP contribution < -0.4 is 0 Å². The molecule has 0 N–H and O–H groups in total. The third-order valence-electron chi connectivity index (χ3n) is 5.13. The molecule has 2 heterocycles. The van der Waals surface area contributed by atoms with Crippen LogP contribution in [0.4, 0.5) is 0 Å². The number of carbonyl (C=O) groups excluding carboxylic acids is 1. The molecule has 6 nitrogen and oxygen atoms in total. The molecule has 7 heteroatoms. The second-order valence-corrected chi connectivity index (χ2v) is 8.82. The minimum Gasteiger partial charge on any atom is -0.267 e. The first-order chi connectivity index (χ1) is 13.4. The van der Waals surface area contributed by atoms with E-state index in [1.807, 2.05) is 30.3 Å². The molecule has 0 bridgehead atoms. The Kier molecular flexibility index (Phi) is 4.64. The van der Waals surface area contributed by atoms with Crippen molar-refractivity contribution < 1.29 is 13.2 Å². The van der Waals surface area contributed by atoms with Gasteiger partial charge in [0.25, 0.3) is 5.91 Å². The molecule has 0 radical (unpaired) electrons. The summed E-state index contributed by atoms with van der Waals surface area (Å²) in [6.07, 6.45) is 0.671. The van der Waals surface area contributed by atoms with E-state index >= 15 is 0 Å². The maximum atomic E-state index is 13.4. The average Bonchev–Trinajstić information content (AvgIpc) is 3.02. The zero-order valence-electron chi connectivity index (χ0n) is 15.8. The fourth-order valence-corrected chi connectivity index (χ4v) is 5.48. The van der Waals surface area contributed by atoms with E-state index < -0.39 is 10.0 Å². The molecular weight excluding hydrogens is 374 g/mol. The quantitative estimate of drug-likeness (QED) is 0.684. The molecular formula is C21H21N3O3S. The Bertz CT molecular complexity index is 1150. The molecule has 28 heavy (non-hydrogen) atoms. The Labute approximate surface area is 164 Å². The zero-order valence-corrected chi connectivity index (χ0v) is 16.6. The number of aromatic nitrogens is 2. The molecule has 2 aromatic carbocycles. The van der Waals surface area contributed by atoms with Crippen molar-refractivity contribution in [3.05, 3.63) is 82.7 Å². The zero-order chi connectivity index (χ0) is 19.9. The predicted octanol–water partition coefficient (Wildman–Crippen LogP) is 2.94. The van der Waals surface area contributed by atoms with Crippen LogP contribution in [0.3, 0.4) is 0 Å². The van der Waals surface area contributed by atoms with Crippen molar-refractivity contribution in [1.82, 2.24) is 14.1 Å². The van der Waals surface area contributed by atoms with E-state index in [4.69, 9.17) is 0 Å². The lowest BCUT2D eigenvalue weighted by molar-refractivity contribution is 0.0942. The lowest BCUT2D eigenvalue weighted by Gasteiger charge is -2.28. The normalized spacial score (nSPS) is 14.6. The molecule has 0 amide bonds. The van der Waals surface area contributed by atoms with Gasteiger partial charge in [0.2, 0.25) is 10.0 Å². The Morgan fingerprint density at radius 2 is 1.61 bits per heavy atom. The number of fused-ring (bicyclic) bond motifs is 1. The first-order valence-corrected chi connectivity index (χ1v) is 10.6. The highest BCUT2D eigenvalue weighted by molar-refractivity contribution is 7.89. The summed E-state index contributed by atoms with van der Waals surface area (Å²) in [5.74, 6) is -0.341. The van der Waals surface area contributed by atoms with Crippen LogP contribution in [0.25, 0.3) is 0 Å². The van der Waals surface area contributed by atoms with Crippen molar-refractivity contribution in [3.8, 4) is 0 Å². The van der Waals surface area contributed by atoms with Gasteiger partial charge in [0.15, 0.2) is 0 Å². The van der Waals surface area contributed by atoms with Crippen LogP contribution in [-0.4, -0.2) is 35.0 Å². The summed E-state index contributed by atoms with van der Waals surface area (Å²) >= 11 is 0. The van der Waals surface area contributed by atoms with E-state index in [-0.39, 0.29) is 10.8 Å². The van der Waals surface area contributed by atoms with E-state index in [0.717, 1.165) is 5.56 Å². The predicted molar refractivity (Wildman–Crippen MR) is 106 cm³/mol. The monoisotopic (exact) mass is 395 g/mol. The van der Waals surface area contributed by atoms with Gasteiger partial charge in [-0.15, -0.1) is 0 Å². The summed E-state index contributed by atoms with van der Waals surface area (Å²) in [4.78, 5) is 12.9. The highest BCUT2D eigenvalue weighted by Crippen LogP contribution is 2.28. The number of hydrogen-bond acceptors (Lipinski definition) is 4. The first-order valence-electron chi connectivity index (χ1n) is 9.12. The summed E-state index contributed by atoms with van der Waals surface area (Å²) in [5.41, 5.74) is 3.33. The van der Waals surface area contributed by atoms with Gasteiger partial charge in [-0.05, 0) is 43.5 Å². The molecule has 4 rings (SSSR count). The second kappa shape index (κ2) is 7.00. The number of sulfonamides is 1. The maximum absolute atomic E-state index is 13.4. The number of rotatable bonds is 3. The highest BCUT2D eigenvalue weighted by atomic mass is 32.2. The van der Waals surface area contributed by atoms with E-state index in [9.17, 15) is 13.2 Å². The van der Waals surface area contributed by atoms with E-state index in [1.54, 1.807) is 38.1 Å². The van der Waals surface area contributed by atoms with Crippen molar-refractivity contribution in [2.75, 3.05) is 6.54 Å². The topological polar surface area (TPSA) is 72.3 Å². The van der Waals surface area contributed by atoms with Gasteiger partial charge >= 0.3 is 0 Å². The Balaban J connectivity index is 1.72. The Morgan fingerprint density at radius 1 is 0.964 bits per heavy atom. The summed E-state index contributed by atoms with van der Waals surface area (Å²) in [6, 6.07) is 16.6. The maximum Gasteiger partial charge on any atom is 0.278 e. The van der Waals surface area contributed by atoms with Crippen molar-refractivity contribution >= 4 is 15.9 Å². The van der Waals surface area contributed by atoms with Gasteiger partial charge in [-0.1, -0.05) is 42.5 Å². The minimum absolute atomic E-state index is 0.121. The van der Waals surface area contributed by atoms with Gasteiger partial charge < -0.3 is 0 Å². The van der Waals surface area contributed by atoms with Gasteiger partial charge in [0, 0.05) is 18.7 Å². The third-order valence-corrected chi connectivity index (χ3v) is 7.23. The SMILES string of the molecule is Cc1nn(C(=O)c2ccccc2)c(C)c1S(=O)(=O)N1CCc2ccccc2C1. The largest absolute Gasteiger partial charge is 0.278 e. The Hall–Kier alpha value is -2.77. The number of nitrogens with zero attached hydrogens (tertiary/aromatic N) is 3. The smallest absolute Gasteiger partial charge is 0.267 e.